The Kier molecular flexibility index (Phi) is 3.78. The molecule has 1 aromatic carbocycles. The van der Waals surface area contributed by atoms with Crippen molar-refractivity contribution in [3.63, 3.8) is 0 Å². The van der Waals surface area contributed by atoms with Crippen LogP contribution in [0.3, 0.4) is 0 Å². The molecule has 0 aromatic heterocycles. The maximum atomic E-state index is 12.0. The van der Waals surface area contributed by atoms with Gasteiger partial charge in [0.25, 0.3) is 11.8 Å². The van der Waals surface area contributed by atoms with Crippen molar-refractivity contribution in [2.45, 2.75) is 18.6 Å². The molecule has 108 valence electrons. The van der Waals surface area contributed by atoms with Crippen LogP contribution in [0.5, 0.6) is 0 Å². The van der Waals surface area contributed by atoms with E-state index in [4.69, 9.17) is 5.73 Å². The molecule has 0 spiro atoms. The van der Waals surface area contributed by atoms with E-state index >= 15 is 0 Å². The number of benzene rings is 1. The van der Waals surface area contributed by atoms with Gasteiger partial charge in [-0.1, -0.05) is 6.92 Å². The van der Waals surface area contributed by atoms with E-state index in [9.17, 15) is 18.0 Å². The predicted octanol–water partition coefficient (Wildman–Crippen LogP) is 0.0492. The number of amides is 2. The molecule has 2 rings (SSSR count). The van der Waals surface area contributed by atoms with Gasteiger partial charge < -0.3 is 5.73 Å². The predicted molar refractivity (Wildman–Crippen MR) is 73.9 cm³/mol. The summed E-state index contributed by atoms with van der Waals surface area (Å²) < 4.78 is 26.5. The highest BCUT2D eigenvalue weighted by Crippen LogP contribution is 2.22. The Labute approximate surface area is 116 Å². The SMILES string of the molecule is CCC(CN)S(=O)(=O)Nc1ccc2c(c1)C(=O)NC2=O. The molecule has 8 heteroatoms. The monoisotopic (exact) mass is 297 g/mol. The number of sulfonamides is 1. The first-order valence-corrected chi connectivity index (χ1v) is 7.65. The smallest absolute Gasteiger partial charge is 0.259 e. The lowest BCUT2D eigenvalue weighted by atomic mass is 10.1. The molecule has 7 nitrogen and oxygen atoms in total. The first-order chi connectivity index (χ1) is 9.39. The van der Waals surface area contributed by atoms with Crippen LogP contribution < -0.4 is 15.8 Å². The quantitative estimate of drug-likeness (QED) is 0.664. The van der Waals surface area contributed by atoms with Crippen molar-refractivity contribution < 1.29 is 18.0 Å². The highest BCUT2D eigenvalue weighted by atomic mass is 32.2. The molecule has 0 saturated carbocycles. The van der Waals surface area contributed by atoms with Crippen LogP contribution in [0.1, 0.15) is 34.1 Å². The molecular formula is C12H15N3O4S. The number of nitrogens with one attached hydrogen (secondary N) is 2. The molecule has 1 aromatic rings. The summed E-state index contributed by atoms with van der Waals surface area (Å²) in [5.41, 5.74) is 6.06. The van der Waals surface area contributed by atoms with Crippen LogP contribution in [-0.4, -0.2) is 32.0 Å². The topological polar surface area (TPSA) is 118 Å². The number of fused-ring (bicyclic) bond motifs is 1. The summed E-state index contributed by atoms with van der Waals surface area (Å²) >= 11 is 0. The number of anilines is 1. The molecule has 0 saturated heterocycles. The van der Waals surface area contributed by atoms with Crippen molar-refractivity contribution >= 4 is 27.5 Å². The fourth-order valence-corrected chi connectivity index (χ4v) is 3.31. The Balaban J connectivity index is 2.31. The summed E-state index contributed by atoms with van der Waals surface area (Å²) in [4.78, 5) is 22.9. The molecule has 20 heavy (non-hydrogen) atoms. The normalized spacial score (nSPS) is 15.7. The third-order valence-electron chi connectivity index (χ3n) is 3.15. The fourth-order valence-electron chi connectivity index (χ4n) is 1.99. The van der Waals surface area contributed by atoms with Gasteiger partial charge in [0.1, 0.15) is 0 Å². The van der Waals surface area contributed by atoms with Gasteiger partial charge >= 0.3 is 0 Å². The fraction of sp³-hybridized carbons (Fsp3) is 0.333. The number of rotatable bonds is 5. The third-order valence-corrected chi connectivity index (χ3v) is 5.08. The van der Waals surface area contributed by atoms with Gasteiger partial charge in [0.2, 0.25) is 10.0 Å². The number of carbonyl (C=O) groups excluding carboxylic acids is 2. The second-order valence-corrected chi connectivity index (χ2v) is 6.42. The largest absolute Gasteiger partial charge is 0.329 e. The van der Waals surface area contributed by atoms with Crippen LogP contribution in [-0.2, 0) is 10.0 Å². The summed E-state index contributed by atoms with van der Waals surface area (Å²) in [7, 11) is -3.62. The van der Waals surface area contributed by atoms with Gasteiger partial charge in [-0.3, -0.25) is 19.6 Å². The van der Waals surface area contributed by atoms with Gasteiger partial charge in [-0.15, -0.1) is 0 Å². The molecule has 1 unspecified atom stereocenters. The molecular weight excluding hydrogens is 282 g/mol. The minimum absolute atomic E-state index is 0.00967. The van der Waals surface area contributed by atoms with E-state index in [-0.39, 0.29) is 23.4 Å². The van der Waals surface area contributed by atoms with Crippen molar-refractivity contribution in [3.05, 3.63) is 29.3 Å². The lowest BCUT2D eigenvalue weighted by molar-refractivity contribution is 0.0879. The summed E-state index contributed by atoms with van der Waals surface area (Å²) in [6.45, 7) is 1.74. The number of hydrogen-bond acceptors (Lipinski definition) is 5. The van der Waals surface area contributed by atoms with Gasteiger partial charge in [-0.2, -0.15) is 0 Å². The van der Waals surface area contributed by atoms with Crippen molar-refractivity contribution in [1.29, 1.82) is 0 Å². The van der Waals surface area contributed by atoms with E-state index in [0.29, 0.717) is 6.42 Å². The molecule has 1 atom stereocenters. The zero-order chi connectivity index (χ0) is 14.9. The number of carbonyl (C=O) groups is 2. The average Bonchev–Trinajstić information content (AvgIpc) is 2.65. The van der Waals surface area contributed by atoms with Gasteiger partial charge in [-0.05, 0) is 24.6 Å². The molecule has 2 amide bonds. The van der Waals surface area contributed by atoms with Crippen LogP contribution in [0.15, 0.2) is 18.2 Å². The van der Waals surface area contributed by atoms with Crippen LogP contribution in [0.25, 0.3) is 0 Å². The summed E-state index contributed by atoms with van der Waals surface area (Å²) in [6, 6.07) is 4.20. The Hall–Kier alpha value is -1.93. The lowest BCUT2D eigenvalue weighted by Crippen LogP contribution is -2.33. The highest BCUT2D eigenvalue weighted by Gasteiger charge is 2.28. The first kappa shape index (κ1) is 14.5. The summed E-state index contributed by atoms with van der Waals surface area (Å²) in [6.07, 6.45) is 0.385. The number of imide groups is 1. The number of nitrogens with two attached hydrogens (primary N) is 1. The Morgan fingerprint density at radius 1 is 1.25 bits per heavy atom. The van der Waals surface area contributed by atoms with E-state index in [1.165, 1.54) is 18.2 Å². The van der Waals surface area contributed by atoms with E-state index in [1.54, 1.807) is 6.92 Å². The second-order valence-electron chi connectivity index (χ2n) is 4.46. The van der Waals surface area contributed by atoms with Crippen molar-refractivity contribution in [2.24, 2.45) is 5.73 Å². The zero-order valence-corrected chi connectivity index (χ0v) is 11.7. The van der Waals surface area contributed by atoms with Gasteiger partial charge in [0.05, 0.1) is 16.4 Å². The minimum Gasteiger partial charge on any atom is -0.329 e. The van der Waals surface area contributed by atoms with E-state index in [2.05, 4.69) is 10.0 Å². The summed E-state index contributed by atoms with van der Waals surface area (Å²) in [5, 5.41) is 1.44. The molecule has 4 N–H and O–H groups in total. The first-order valence-electron chi connectivity index (χ1n) is 6.10. The van der Waals surface area contributed by atoms with Gasteiger partial charge in [0, 0.05) is 12.2 Å². The second kappa shape index (κ2) is 5.22. The Morgan fingerprint density at radius 3 is 2.50 bits per heavy atom. The molecule has 1 aliphatic rings. The van der Waals surface area contributed by atoms with E-state index in [0.717, 1.165) is 0 Å². The molecule has 0 radical (unpaired) electrons. The minimum atomic E-state index is -3.62. The van der Waals surface area contributed by atoms with Crippen molar-refractivity contribution in [2.75, 3.05) is 11.3 Å². The Morgan fingerprint density at radius 2 is 1.90 bits per heavy atom. The summed E-state index contributed by atoms with van der Waals surface area (Å²) in [5.74, 6) is -1.01. The lowest BCUT2D eigenvalue weighted by Gasteiger charge is -2.15. The van der Waals surface area contributed by atoms with Crippen molar-refractivity contribution in [1.82, 2.24) is 5.32 Å². The average molecular weight is 297 g/mol. The van der Waals surface area contributed by atoms with Crippen LogP contribution in [0, 0.1) is 0 Å². The van der Waals surface area contributed by atoms with E-state index in [1.807, 2.05) is 0 Å². The van der Waals surface area contributed by atoms with E-state index < -0.39 is 27.1 Å². The third kappa shape index (κ3) is 2.52. The molecule has 0 fully saturated rings. The van der Waals surface area contributed by atoms with Crippen LogP contribution in [0.2, 0.25) is 0 Å². The molecule has 1 heterocycles. The maximum Gasteiger partial charge on any atom is 0.259 e. The van der Waals surface area contributed by atoms with Crippen LogP contribution >= 0.6 is 0 Å². The standard InChI is InChI=1S/C12H15N3O4S/c1-2-8(6-13)20(18,19)15-7-3-4-9-10(5-7)12(17)14-11(9)16/h3-5,8,15H,2,6,13H2,1H3,(H,14,16,17). The number of hydrogen-bond donors (Lipinski definition) is 3. The van der Waals surface area contributed by atoms with Gasteiger partial charge in [-0.25, -0.2) is 8.42 Å². The van der Waals surface area contributed by atoms with Gasteiger partial charge in [0.15, 0.2) is 0 Å². The Bertz CT molecular complexity index is 665. The highest BCUT2D eigenvalue weighted by molar-refractivity contribution is 7.93. The van der Waals surface area contributed by atoms with Crippen LogP contribution in [0.4, 0.5) is 5.69 Å². The van der Waals surface area contributed by atoms with Crippen molar-refractivity contribution in [3.8, 4) is 0 Å². The molecule has 0 bridgehead atoms. The zero-order valence-electron chi connectivity index (χ0n) is 10.8. The molecule has 0 aliphatic carbocycles. The molecule has 1 aliphatic heterocycles. The maximum absolute atomic E-state index is 12.0.